The first-order chi connectivity index (χ1) is 8.69. The van der Waals surface area contributed by atoms with Crippen LogP contribution < -0.4 is 10.6 Å². The molecule has 18 heavy (non-hydrogen) atoms. The first kappa shape index (κ1) is 13.3. The fourth-order valence-electron chi connectivity index (χ4n) is 2.04. The van der Waals surface area contributed by atoms with Gasteiger partial charge in [0, 0.05) is 25.2 Å². The van der Waals surface area contributed by atoms with Crippen LogP contribution >= 0.6 is 11.6 Å². The molecule has 1 saturated heterocycles. The van der Waals surface area contributed by atoms with Gasteiger partial charge in [-0.2, -0.15) is 0 Å². The van der Waals surface area contributed by atoms with Gasteiger partial charge >= 0.3 is 0 Å². The van der Waals surface area contributed by atoms with E-state index in [4.69, 9.17) is 16.3 Å². The first-order valence-corrected chi connectivity index (χ1v) is 6.35. The van der Waals surface area contributed by atoms with Crippen LogP contribution in [0.5, 0.6) is 0 Å². The van der Waals surface area contributed by atoms with Gasteiger partial charge in [-0.05, 0) is 24.1 Å². The standard InChI is InChI=1S/C13H17ClN2O2/c1-18-11-6-12(15-8-11)13(17)16-7-9-3-2-4-10(14)5-9/h2-5,11-12,15H,6-8H2,1H3,(H,16,17). The van der Waals surface area contributed by atoms with E-state index in [1.165, 1.54) is 0 Å². The summed E-state index contributed by atoms with van der Waals surface area (Å²) in [6, 6.07) is 7.32. The van der Waals surface area contributed by atoms with Crippen LogP contribution in [0.4, 0.5) is 0 Å². The molecule has 2 atom stereocenters. The van der Waals surface area contributed by atoms with E-state index in [2.05, 4.69) is 10.6 Å². The first-order valence-electron chi connectivity index (χ1n) is 5.97. The van der Waals surface area contributed by atoms with Crippen molar-refractivity contribution in [2.75, 3.05) is 13.7 Å². The van der Waals surface area contributed by atoms with Crippen molar-refractivity contribution in [1.82, 2.24) is 10.6 Å². The van der Waals surface area contributed by atoms with Gasteiger partial charge in [-0.1, -0.05) is 23.7 Å². The fraction of sp³-hybridized carbons (Fsp3) is 0.462. The molecule has 1 aliphatic heterocycles. The summed E-state index contributed by atoms with van der Waals surface area (Å²) in [5.41, 5.74) is 0.997. The molecule has 2 N–H and O–H groups in total. The molecule has 1 aromatic rings. The summed E-state index contributed by atoms with van der Waals surface area (Å²) in [5.74, 6) is 0.00882. The van der Waals surface area contributed by atoms with Crippen LogP contribution in [0.1, 0.15) is 12.0 Å². The molecule has 0 aromatic heterocycles. The molecule has 1 aromatic carbocycles. The lowest BCUT2D eigenvalue weighted by molar-refractivity contribution is -0.123. The molecule has 2 unspecified atom stereocenters. The van der Waals surface area contributed by atoms with Crippen LogP contribution in [0, 0.1) is 0 Å². The smallest absolute Gasteiger partial charge is 0.237 e. The molecule has 0 bridgehead atoms. The third kappa shape index (κ3) is 3.45. The SMILES string of the molecule is COC1CNC(C(=O)NCc2cccc(Cl)c2)C1. The van der Waals surface area contributed by atoms with Gasteiger partial charge in [-0.15, -0.1) is 0 Å². The van der Waals surface area contributed by atoms with Gasteiger partial charge in [0.1, 0.15) is 0 Å². The Labute approximate surface area is 112 Å². The zero-order chi connectivity index (χ0) is 13.0. The summed E-state index contributed by atoms with van der Waals surface area (Å²) in [4.78, 5) is 11.9. The summed E-state index contributed by atoms with van der Waals surface area (Å²) in [6.07, 6.45) is 0.852. The van der Waals surface area contributed by atoms with E-state index >= 15 is 0 Å². The number of ether oxygens (including phenoxy) is 1. The van der Waals surface area contributed by atoms with Crippen LogP contribution in [0.15, 0.2) is 24.3 Å². The van der Waals surface area contributed by atoms with Crippen LogP contribution in [0.3, 0.4) is 0 Å². The van der Waals surface area contributed by atoms with Gasteiger partial charge in [0.2, 0.25) is 5.91 Å². The molecule has 0 aliphatic carbocycles. The van der Waals surface area contributed by atoms with Crippen molar-refractivity contribution in [2.24, 2.45) is 0 Å². The Hall–Kier alpha value is -1.10. The third-order valence-electron chi connectivity index (χ3n) is 3.10. The van der Waals surface area contributed by atoms with Gasteiger partial charge in [0.15, 0.2) is 0 Å². The molecule has 0 spiro atoms. The van der Waals surface area contributed by atoms with Gasteiger partial charge < -0.3 is 15.4 Å². The van der Waals surface area contributed by atoms with Crippen molar-refractivity contribution in [3.05, 3.63) is 34.9 Å². The van der Waals surface area contributed by atoms with Crippen molar-refractivity contribution in [3.8, 4) is 0 Å². The molecule has 0 radical (unpaired) electrons. The molecule has 4 nitrogen and oxygen atoms in total. The maximum atomic E-state index is 11.9. The maximum absolute atomic E-state index is 11.9. The Balaban J connectivity index is 1.82. The minimum atomic E-state index is -0.158. The average molecular weight is 269 g/mol. The zero-order valence-electron chi connectivity index (χ0n) is 10.3. The van der Waals surface area contributed by atoms with Crippen LogP contribution in [-0.4, -0.2) is 31.7 Å². The number of benzene rings is 1. The summed E-state index contributed by atoms with van der Waals surface area (Å²) >= 11 is 5.88. The minimum Gasteiger partial charge on any atom is -0.380 e. The summed E-state index contributed by atoms with van der Waals surface area (Å²) in [6.45, 7) is 1.22. The Kier molecular flexibility index (Phi) is 4.58. The predicted molar refractivity (Wildman–Crippen MR) is 70.5 cm³/mol. The Bertz CT molecular complexity index is 425. The van der Waals surface area contributed by atoms with E-state index in [0.29, 0.717) is 11.6 Å². The average Bonchev–Trinajstić information content (AvgIpc) is 2.85. The molecule has 1 aliphatic rings. The molecule has 98 valence electrons. The molecule has 1 heterocycles. The van der Waals surface area contributed by atoms with E-state index in [9.17, 15) is 4.79 Å². The zero-order valence-corrected chi connectivity index (χ0v) is 11.0. The van der Waals surface area contributed by atoms with Crippen LogP contribution in [0.25, 0.3) is 0 Å². The highest BCUT2D eigenvalue weighted by molar-refractivity contribution is 6.30. The molecule has 1 amide bonds. The molecule has 1 fully saturated rings. The fourth-order valence-corrected chi connectivity index (χ4v) is 2.25. The number of nitrogens with one attached hydrogen (secondary N) is 2. The number of halogens is 1. The Morgan fingerprint density at radius 1 is 1.61 bits per heavy atom. The lowest BCUT2D eigenvalue weighted by Gasteiger charge is -2.11. The van der Waals surface area contributed by atoms with E-state index in [1.54, 1.807) is 7.11 Å². The minimum absolute atomic E-state index is 0.00882. The number of rotatable bonds is 4. The van der Waals surface area contributed by atoms with E-state index in [-0.39, 0.29) is 18.1 Å². The molecule has 5 heteroatoms. The van der Waals surface area contributed by atoms with Crippen molar-refractivity contribution < 1.29 is 9.53 Å². The van der Waals surface area contributed by atoms with Crippen molar-refractivity contribution >= 4 is 17.5 Å². The highest BCUT2D eigenvalue weighted by Gasteiger charge is 2.28. The van der Waals surface area contributed by atoms with Crippen LogP contribution in [0.2, 0.25) is 5.02 Å². The number of hydrogen-bond acceptors (Lipinski definition) is 3. The molecular formula is C13H17ClN2O2. The number of carbonyl (C=O) groups is 1. The highest BCUT2D eigenvalue weighted by Crippen LogP contribution is 2.12. The van der Waals surface area contributed by atoms with Crippen molar-refractivity contribution in [1.29, 1.82) is 0 Å². The lowest BCUT2D eigenvalue weighted by atomic mass is 10.2. The number of hydrogen-bond donors (Lipinski definition) is 2. The monoisotopic (exact) mass is 268 g/mol. The molecule has 0 saturated carbocycles. The second kappa shape index (κ2) is 6.18. The molecule has 2 rings (SSSR count). The summed E-state index contributed by atoms with van der Waals surface area (Å²) < 4.78 is 5.21. The van der Waals surface area contributed by atoms with Crippen LogP contribution in [-0.2, 0) is 16.1 Å². The van der Waals surface area contributed by atoms with Crippen molar-refractivity contribution in [3.63, 3.8) is 0 Å². The van der Waals surface area contributed by atoms with Gasteiger partial charge in [-0.25, -0.2) is 0 Å². The summed E-state index contributed by atoms with van der Waals surface area (Å²) in [5, 5.41) is 6.72. The third-order valence-corrected chi connectivity index (χ3v) is 3.33. The van der Waals surface area contributed by atoms with Gasteiger partial charge in [-0.3, -0.25) is 4.79 Å². The molecular weight excluding hydrogens is 252 g/mol. The van der Waals surface area contributed by atoms with Gasteiger partial charge in [0.25, 0.3) is 0 Å². The lowest BCUT2D eigenvalue weighted by Crippen LogP contribution is -2.39. The largest absolute Gasteiger partial charge is 0.380 e. The Morgan fingerprint density at radius 3 is 3.11 bits per heavy atom. The number of carbonyl (C=O) groups excluding carboxylic acids is 1. The Morgan fingerprint density at radius 2 is 2.44 bits per heavy atom. The van der Waals surface area contributed by atoms with E-state index in [1.807, 2.05) is 24.3 Å². The number of methoxy groups -OCH3 is 1. The quantitative estimate of drug-likeness (QED) is 0.866. The topological polar surface area (TPSA) is 50.4 Å². The normalized spacial score (nSPS) is 23.0. The second-order valence-corrected chi connectivity index (χ2v) is 4.84. The summed E-state index contributed by atoms with van der Waals surface area (Å²) in [7, 11) is 1.67. The van der Waals surface area contributed by atoms with Gasteiger partial charge in [0.05, 0.1) is 12.1 Å². The maximum Gasteiger partial charge on any atom is 0.237 e. The number of amides is 1. The van der Waals surface area contributed by atoms with E-state index < -0.39 is 0 Å². The highest BCUT2D eigenvalue weighted by atomic mass is 35.5. The second-order valence-electron chi connectivity index (χ2n) is 4.40. The predicted octanol–water partition coefficient (Wildman–Crippen LogP) is 1.33. The van der Waals surface area contributed by atoms with E-state index in [0.717, 1.165) is 18.5 Å². The van der Waals surface area contributed by atoms with Crippen molar-refractivity contribution in [2.45, 2.75) is 25.1 Å².